The number of nitrogens with zero attached hydrogens (tertiary/aromatic N) is 2. The van der Waals surface area contributed by atoms with E-state index in [-0.39, 0.29) is 23.0 Å². The quantitative estimate of drug-likeness (QED) is 0.356. The number of anilines is 1. The summed E-state index contributed by atoms with van der Waals surface area (Å²) in [5.74, 6) is -0.510. The van der Waals surface area contributed by atoms with Gasteiger partial charge in [-0.25, -0.2) is 8.42 Å². The summed E-state index contributed by atoms with van der Waals surface area (Å²) in [4.78, 5) is 29.0. The molecule has 3 rings (SSSR count). The van der Waals surface area contributed by atoms with Gasteiger partial charge >= 0.3 is 0 Å². The second-order valence-corrected chi connectivity index (χ2v) is 12.5. The van der Waals surface area contributed by atoms with E-state index in [1.165, 1.54) is 24.1 Å². The zero-order chi connectivity index (χ0) is 29.5. The minimum Gasteiger partial charge on any atom is -0.495 e. The molecule has 0 fully saturated rings. The van der Waals surface area contributed by atoms with E-state index in [0.29, 0.717) is 12.2 Å². The Kier molecular flexibility index (Phi) is 9.98. The molecule has 0 aromatic heterocycles. The predicted octanol–water partition coefficient (Wildman–Crippen LogP) is 4.92. The van der Waals surface area contributed by atoms with Crippen LogP contribution in [0.1, 0.15) is 45.2 Å². The van der Waals surface area contributed by atoms with Crippen molar-refractivity contribution in [3.8, 4) is 5.75 Å². The van der Waals surface area contributed by atoms with Crippen molar-refractivity contribution in [2.75, 3.05) is 18.0 Å². The van der Waals surface area contributed by atoms with Crippen LogP contribution in [-0.4, -0.2) is 50.4 Å². The number of ether oxygens (including phenoxy) is 1. The molecule has 0 saturated carbocycles. The number of nitrogens with one attached hydrogen (secondary N) is 1. The molecular weight excluding hydrogens is 526 g/mol. The number of para-hydroxylation sites is 2. The van der Waals surface area contributed by atoms with Gasteiger partial charge in [-0.3, -0.25) is 13.9 Å². The number of carbonyl (C=O) groups is 2. The van der Waals surface area contributed by atoms with Crippen LogP contribution >= 0.6 is 0 Å². The lowest BCUT2D eigenvalue weighted by atomic mass is 10.1. The van der Waals surface area contributed by atoms with Crippen LogP contribution in [0.15, 0.2) is 83.8 Å². The molecule has 0 spiro atoms. The fourth-order valence-corrected chi connectivity index (χ4v) is 5.78. The maximum Gasteiger partial charge on any atom is 0.264 e. The smallest absolute Gasteiger partial charge is 0.264 e. The van der Waals surface area contributed by atoms with Gasteiger partial charge in [-0.2, -0.15) is 0 Å². The van der Waals surface area contributed by atoms with E-state index < -0.39 is 34.1 Å². The Hall–Kier alpha value is -3.85. The molecular formula is C31H39N3O5S. The first-order valence-corrected chi connectivity index (χ1v) is 14.7. The highest BCUT2D eigenvalue weighted by Crippen LogP contribution is 2.32. The number of aryl methyl sites for hydroxylation is 1. The molecule has 0 heterocycles. The fraction of sp³-hybridized carbons (Fsp3) is 0.355. The van der Waals surface area contributed by atoms with Crippen LogP contribution in [0.25, 0.3) is 0 Å². The molecule has 0 bridgehead atoms. The molecule has 3 aromatic rings. The van der Waals surface area contributed by atoms with E-state index in [9.17, 15) is 18.0 Å². The standard InChI is InChI=1S/C31H39N3O5S/c1-7-26(30(36)32-31(3,4)5)33(21-24-19-17-23(2)18-20-24)29(35)22-34(27-15-11-12-16-28(27)39-6)40(37,38)25-13-9-8-10-14-25/h8-20,26H,7,21-22H2,1-6H3,(H,32,36)/t26-/m1/s1. The van der Waals surface area contributed by atoms with Crippen LogP contribution in [0.4, 0.5) is 5.69 Å². The third kappa shape index (κ3) is 7.63. The van der Waals surface area contributed by atoms with E-state index in [0.717, 1.165) is 15.4 Å². The Morgan fingerprint density at radius 3 is 2.10 bits per heavy atom. The molecule has 9 heteroatoms. The summed E-state index contributed by atoms with van der Waals surface area (Å²) >= 11 is 0. The van der Waals surface area contributed by atoms with Gasteiger partial charge in [0, 0.05) is 12.1 Å². The molecule has 0 aliphatic heterocycles. The summed E-state index contributed by atoms with van der Waals surface area (Å²) in [7, 11) is -2.72. The van der Waals surface area contributed by atoms with Crippen LogP contribution in [0.2, 0.25) is 0 Å². The van der Waals surface area contributed by atoms with Crippen molar-refractivity contribution in [2.24, 2.45) is 0 Å². The summed E-state index contributed by atoms with van der Waals surface area (Å²) in [6, 6.07) is 21.5. The molecule has 0 saturated heterocycles. The number of hydrogen-bond acceptors (Lipinski definition) is 5. The zero-order valence-electron chi connectivity index (χ0n) is 24.0. The number of methoxy groups -OCH3 is 1. The van der Waals surface area contributed by atoms with E-state index in [1.54, 1.807) is 42.5 Å². The molecule has 0 unspecified atom stereocenters. The van der Waals surface area contributed by atoms with E-state index in [2.05, 4.69) is 5.32 Å². The van der Waals surface area contributed by atoms with Crippen molar-refractivity contribution >= 4 is 27.5 Å². The number of amides is 2. The van der Waals surface area contributed by atoms with Crippen LogP contribution in [0, 0.1) is 6.92 Å². The molecule has 8 nitrogen and oxygen atoms in total. The van der Waals surface area contributed by atoms with Crippen molar-refractivity contribution in [1.82, 2.24) is 10.2 Å². The van der Waals surface area contributed by atoms with E-state index in [1.807, 2.05) is 58.9 Å². The van der Waals surface area contributed by atoms with Crippen molar-refractivity contribution < 1.29 is 22.7 Å². The summed E-state index contributed by atoms with van der Waals surface area (Å²) < 4.78 is 34.4. The fourth-order valence-electron chi connectivity index (χ4n) is 4.33. The molecule has 0 aliphatic carbocycles. The molecule has 3 aromatic carbocycles. The normalized spacial score (nSPS) is 12.3. The van der Waals surface area contributed by atoms with Crippen LogP contribution in [0.5, 0.6) is 5.75 Å². The third-order valence-electron chi connectivity index (χ3n) is 6.32. The lowest BCUT2D eigenvalue weighted by Crippen LogP contribution is -2.55. The minimum absolute atomic E-state index is 0.0382. The first kappa shape index (κ1) is 30.7. The first-order valence-electron chi connectivity index (χ1n) is 13.2. The topological polar surface area (TPSA) is 96.0 Å². The maximum atomic E-state index is 14.1. The number of hydrogen-bond donors (Lipinski definition) is 1. The number of rotatable bonds is 11. The monoisotopic (exact) mass is 565 g/mol. The average molecular weight is 566 g/mol. The summed E-state index contributed by atoms with van der Waals surface area (Å²) in [6.07, 6.45) is 0.347. The lowest BCUT2D eigenvalue weighted by Gasteiger charge is -2.35. The highest BCUT2D eigenvalue weighted by atomic mass is 32.2. The largest absolute Gasteiger partial charge is 0.495 e. The predicted molar refractivity (Wildman–Crippen MR) is 158 cm³/mol. The van der Waals surface area contributed by atoms with E-state index in [4.69, 9.17) is 4.74 Å². The van der Waals surface area contributed by atoms with Crippen molar-refractivity contribution in [2.45, 2.75) is 64.1 Å². The van der Waals surface area contributed by atoms with Crippen LogP contribution in [0.3, 0.4) is 0 Å². The van der Waals surface area contributed by atoms with Gasteiger partial charge in [-0.1, -0.05) is 67.1 Å². The Morgan fingerprint density at radius 2 is 1.52 bits per heavy atom. The Morgan fingerprint density at radius 1 is 0.925 bits per heavy atom. The van der Waals surface area contributed by atoms with Gasteiger partial charge in [0.2, 0.25) is 11.8 Å². The zero-order valence-corrected chi connectivity index (χ0v) is 24.9. The molecule has 214 valence electrons. The molecule has 2 amide bonds. The highest BCUT2D eigenvalue weighted by molar-refractivity contribution is 7.92. The summed E-state index contributed by atoms with van der Waals surface area (Å²) in [5, 5.41) is 2.98. The van der Waals surface area contributed by atoms with Gasteiger partial charge in [0.15, 0.2) is 0 Å². The number of benzene rings is 3. The summed E-state index contributed by atoms with van der Waals surface area (Å²) in [5.41, 5.74) is 1.61. The summed E-state index contributed by atoms with van der Waals surface area (Å²) in [6.45, 7) is 9.04. The Labute approximate surface area is 238 Å². The van der Waals surface area contributed by atoms with E-state index >= 15 is 0 Å². The van der Waals surface area contributed by atoms with Gasteiger partial charge in [-0.05, 0) is 63.9 Å². The molecule has 1 N–H and O–H groups in total. The Bertz CT molecular complexity index is 1400. The van der Waals surface area contributed by atoms with Gasteiger partial charge in [-0.15, -0.1) is 0 Å². The molecule has 0 aliphatic rings. The molecule has 40 heavy (non-hydrogen) atoms. The number of carbonyl (C=O) groups excluding carboxylic acids is 2. The molecule has 0 radical (unpaired) electrons. The number of sulfonamides is 1. The third-order valence-corrected chi connectivity index (χ3v) is 8.10. The van der Waals surface area contributed by atoms with Crippen LogP contribution in [-0.2, 0) is 26.2 Å². The minimum atomic E-state index is -4.17. The van der Waals surface area contributed by atoms with Crippen molar-refractivity contribution in [1.29, 1.82) is 0 Å². The molecule has 1 atom stereocenters. The van der Waals surface area contributed by atoms with Gasteiger partial charge in [0.1, 0.15) is 18.3 Å². The van der Waals surface area contributed by atoms with Crippen molar-refractivity contribution in [3.63, 3.8) is 0 Å². The SMILES string of the molecule is CC[C@H](C(=O)NC(C)(C)C)N(Cc1ccc(C)cc1)C(=O)CN(c1ccccc1OC)S(=O)(=O)c1ccccc1. The van der Waals surface area contributed by atoms with Crippen molar-refractivity contribution in [3.05, 3.63) is 90.0 Å². The first-order chi connectivity index (χ1) is 18.9. The Balaban J connectivity index is 2.09. The van der Waals surface area contributed by atoms with Gasteiger partial charge < -0.3 is 15.0 Å². The lowest BCUT2D eigenvalue weighted by molar-refractivity contribution is -0.141. The highest BCUT2D eigenvalue weighted by Gasteiger charge is 2.35. The van der Waals surface area contributed by atoms with Gasteiger partial charge in [0.25, 0.3) is 10.0 Å². The van der Waals surface area contributed by atoms with Gasteiger partial charge in [0.05, 0.1) is 17.7 Å². The second-order valence-electron chi connectivity index (χ2n) is 10.7. The average Bonchev–Trinajstić information content (AvgIpc) is 2.92. The second kappa shape index (κ2) is 13.0. The van der Waals surface area contributed by atoms with Crippen LogP contribution < -0.4 is 14.4 Å². The maximum absolute atomic E-state index is 14.1.